The molecule has 0 saturated carbocycles. The van der Waals surface area contributed by atoms with Crippen LogP contribution in [-0.2, 0) is 29.7 Å². The van der Waals surface area contributed by atoms with Gasteiger partial charge in [0, 0.05) is 25.6 Å². The Morgan fingerprint density at radius 1 is 1.06 bits per heavy atom. The molecular weight excluding hydrogens is 424 g/mol. The molecule has 0 spiro atoms. The highest BCUT2D eigenvalue weighted by atomic mass is 16.5. The summed E-state index contributed by atoms with van der Waals surface area (Å²) in [6.45, 7) is 0.401. The summed E-state index contributed by atoms with van der Waals surface area (Å²) < 4.78 is 7.62. The zero-order valence-corrected chi connectivity index (χ0v) is 18.3. The molecule has 0 fully saturated rings. The van der Waals surface area contributed by atoms with Crippen molar-refractivity contribution in [2.75, 3.05) is 12.4 Å². The molecule has 0 saturated heterocycles. The molecule has 9 nitrogen and oxygen atoms in total. The number of ether oxygens (including phenoxy) is 1. The first-order valence-corrected chi connectivity index (χ1v) is 10.5. The monoisotopic (exact) mass is 448 g/mol. The molecule has 2 heterocycles. The Hall–Kier alpha value is -4.14. The number of nitrogens with zero attached hydrogens (tertiary/aromatic N) is 2. The molecule has 0 unspecified atom stereocenters. The summed E-state index contributed by atoms with van der Waals surface area (Å²) in [6, 6.07) is 16.5. The molecule has 0 aliphatic carbocycles. The Bertz CT molecular complexity index is 1330. The van der Waals surface area contributed by atoms with Crippen LogP contribution in [0, 0.1) is 0 Å². The maximum atomic E-state index is 12.9. The van der Waals surface area contributed by atoms with Crippen molar-refractivity contribution in [3.05, 3.63) is 92.1 Å². The number of hydrogen-bond donors (Lipinski definition) is 2. The molecule has 2 amide bonds. The lowest BCUT2D eigenvalue weighted by Gasteiger charge is -2.14. The summed E-state index contributed by atoms with van der Waals surface area (Å²) in [5.74, 6) is -1.07. The van der Waals surface area contributed by atoms with Crippen LogP contribution < -0.4 is 26.6 Å². The van der Waals surface area contributed by atoms with Crippen LogP contribution >= 0.6 is 0 Å². The van der Waals surface area contributed by atoms with Crippen LogP contribution in [0.1, 0.15) is 29.0 Å². The third kappa shape index (κ3) is 4.30. The number of carbonyl (C=O) groups excluding carboxylic acids is 2. The predicted molar refractivity (Wildman–Crippen MR) is 122 cm³/mol. The van der Waals surface area contributed by atoms with Crippen molar-refractivity contribution < 1.29 is 14.3 Å². The minimum absolute atomic E-state index is 0.130. The van der Waals surface area contributed by atoms with Crippen LogP contribution in [0.2, 0.25) is 0 Å². The lowest BCUT2D eigenvalue weighted by atomic mass is 9.99. The third-order valence-corrected chi connectivity index (χ3v) is 5.73. The number of fused-ring (bicyclic) bond motifs is 1. The zero-order valence-electron chi connectivity index (χ0n) is 18.3. The standard InChI is InChI=1S/C24H24N4O5/c1-27-23(31)20-17(12-19(29)25-13-16-10-6-7-11-18(16)33-2)22(30)26-21(20)28(24(27)32)14-15-8-4-3-5-9-15/h3-11,17H,12-14H2,1-2H3,(H,25,29)(H,26,30)/t17-/m0/s1. The lowest BCUT2D eigenvalue weighted by molar-refractivity contribution is -0.125. The fraction of sp³-hybridized carbons (Fsp3) is 0.250. The van der Waals surface area contributed by atoms with Crippen molar-refractivity contribution in [3.63, 3.8) is 0 Å². The quantitative estimate of drug-likeness (QED) is 0.567. The maximum Gasteiger partial charge on any atom is 0.332 e. The van der Waals surface area contributed by atoms with E-state index in [9.17, 15) is 19.2 Å². The van der Waals surface area contributed by atoms with Crippen molar-refractivity contribution in [3.8, 4) is 5.75 Å². The fourth-order valence-corrected chi connectivity index (χ4v) is 3.98. The van der Waals surface area contributed by atoms with Gasteiger partial charge in [-0.1, -0.05) is 48.5 Å². The first-order chi connectivity index (χ1) is 15.9. The minimum Gasteiger partial charge on any atom is -0.496 e. The number of aromatic nitrogens is 2. The van der Waals surface area contributed by atoms with Gasteiger partial charge in [0.25, 0.3) is 5.56 Å². The highest BCUT2D eigenvalue weighted by Crippen LogP contribution is 2.31. The number of carbonyl (C=O) groups is 2. The molecule has 3 aromatic rings. The van der Waals surface area contributed by atoms with E-state index in [1.807, 2.05) is 48.5 Å². The van der Waals surface area contributed by atoms with Gasteiger partial charge in [-0.2, -0.15) is 0 Å². The van der Waals surface area contributed by atoms with Crippen molar-refractivity contribution in [2.45, 2.75) is 25.4 Å². The summed E-state index contributed by atoms with van der Waals surface area (Å²) in [4.78, 5) is 51.1. The first-order valence-electron chi connectivity index (χ1n) is 10.5. The number of hydrogen-bond acceptors (Lipinski definition) is 5. The Labute approximate surface area is 189 Å². The normalized spacial score (nSPS) is 14.5. The van der Waals surface area contributed by atoms with Crippen LogP contribution in [0.3, 0.4) is 0 Å². The lowest BCUT2D eigenvalue weighted by Crippen LogP contribution is -2.40. The van der Waals surface area contributed by atoms with Gasteiger partial charge in [0.1, 0.15) is 11.6 Å². The molecule has 1 aliphatic heterocycles. The molecule has 33 heavy (non-hydrogen) atoms. The van der Waals surface area contributed by atoms with E-state index in [1.54, 1.807) is 13.2 Å². The van der Waals surface area contributed by atoms with Gasteiger partial charge in [0.2, 0.25) is 11.8 Å². The van der Waals surface area contributed by atoms with E-state index in [0.29, 0.717) is 5.75 Å². The second kappa shape index (κ2) is 9.15. The van der Waals surface area contributed by atoms with E-state index < -0.39 is 29.0 Å². The minimum atomic E-state index is -0.987. The van der Waals surface area contributed by atoms with E-state index in [1.165, 1.54) is 11.6 Å². The van der Waals surface area contributed by atoms with Crippen LogP contribution in [-0.4, -0.2) is 28.1 Å². The number of methoxy groups -OCH3 is 1. The van der Waals surface area contributed by atoms with Crippen molar-refractivity contribution in [1.82, 2.24) is 14.5 Å². The number of amides is 2. The number of para-hydroxylation sites is 1. The number of benzene rings is 2. The van der Waals surface area contributed by atoms with E-state index in [4.69, 9.17) is 4.74 Å². The Morgan fingerprint density at radius 3 is 2.48 bits per heavy atom. The summed E-state index contributed by atoms with van der Waals surface area (Å²) in [7, 11) is 2.92. The molecule has 2 aromatic carbocycles. The van der Waals surface area contributed by atoms with Crippen LogP contribution in [0.4, 0.5) is 5.82 Å². The van der Waals surface area contributed by atoms with Crippen molar-refractivity contribution in [1.29, 1.82) is 0 Å². The molecular formula is C24H24N4O5. The molecule has 1 aromatic heterocycles. The van der Waals surface area contributed by atoms with Gasteiger partial charge in [-0.25, -0.2) is 4.79 Å². The number of nitrogens with one attached hydrogen (secondary N) is 2. The van der Waals surface area contributed by atoms with Gasteiger partial charge in [-0.3, -0.25) is 23.5 Å². The van der Waals surface area contributed by atoms with Gasteiger partial charge in [-0.15, -0.1) is 0 Å². The second-order valence-corrected chi connectivity index (χ2v) is 7.82. The molecule has 2 N–H and O–H groups in total. The Kier molecular flexibility index (Phi) is 6.12. The largest absolute Gasteiger partial charge is 0.496 e. The van der Waals surface area contributed by atoms with Gasteiger partial charge in [0.15, 0.2) is 0 Å². The van der Waals surface area contributed by atoms with E-state index in [2.05, 4.69) is 10.6 Å². The molecule has 0 radical (unpaired) electrons. The second-order valence-electron chi connectivity index (χ2n) is 7.82. The van der Waals surface area contributed by atoms with Gasteiger partial charge < -0.3 is 15.4 Å². The molecule has 0 bridgehead atoms. The predicted octanol–water partition coefficient (Wildman–Crippen LogP) is 1.35. The Balaban J connectivity index is 1.60. The maximum absolute atomic E-state index is 12.9. The van der Waals surface area contributed by atoms with Crippen molar-refractivity contribution in [2.24, 2.45) is 7.05 Å². The average Bonchev–Trinajstić information content (AvgIpc) is 3.15. The Morgan fingerprint density at radius 2 is 1.76 bits per heavy atom. The fourth-order valence-electron chi connectivity index (χ4n) is 3.98. The highest BCUT2D eigenvalue weighted by molar-refractivity contribution is 6.04. The SMILES string of the molecule is COc1ccccc1CNC(=O)C[C@@H]1C(=O)Nc2c1c(=O)n(C)c(=O)n2Cc1ccccc1. The topological polar surface area (TPSA) is 111 Å². The van der Waals surface area contributed by atoms with Gasteiger partial charge >= 0.3 is 5.69 Å². The zero-order chi connectivity index (χ0) is 23.5. The number of anilines is 1. The summed E-state index contributed by atoms with van der Waals surface area (Å²) in [5.41, 5.74) is 0.639. The van der Waals surface area contributed by atoms with Gasteiger partial charge in [-0.05, 0) is 11.6 Å². The average molecular weight is 448 g/mol. The van der Waals surface area contributed by atoms with Crippen LogP contribution in [0.5, 0.6) is 5.75 Å². The summed E-state index contributed by atoms with van der Waals surface area (Å²) >= 11 is 0. The molecule has 1 aliphatic rings. The smallest absolute Gasteiger partial charge is 0.332 e. The number of rotatable bonds is 7. The van der Waals surface area contributed by atoms with Crippen LogP contribution in [0.25, 0.3) is 0 Å². The first kappa shape index (κ1) is 22.1. The third-order valence-electron chi connectivity index (χ3n) is 5.73. The highest BCUT2D eigenvalue weighted by Gasteiger charge is 2.38. The van der Waals surface area contributed by atoms with Crippen molar-refractivity contribution >= 4 is 17.6 Å². The van der Waals surface area contributed by atoms with E-state index >= 15 is 0 Å². The molecule has 1 atom stereocenters. The van der Waals surface area contributed by atoms with Crippen LogP contribution in [0.15, 0.2) is 64.2 Å². The molecule has 4 rings (SSSR count). The molecule has 9 heteroatoms. The van der Waals surface area contributed by atoms with E-state index in [-0.39, 0.29) is 30.9 Å². The van der Waals surface area contributed by atoms with E-state index in [0.717, 1.165) is 15.7 Å². The summed E-state index contributed by atoms with van der Waals surface area (Å²) in [5, 5.41) is 5.43. The molecule has 170 valence electrons. The van der Waals surface area contributed by atoms with Gasteiger partial charge in [0.05, 0.1) is 25.1 Å². The summed E-state index contributed by atoms with van der Waals surface area (Å²) in [6.07, 6.45) is -0.216.